The highest BCUT2D eigenvalue weighted by Crippen LogP contribution is 2.46. The van der Waals surface area contributed by atoms with E-state index in [2.05, 4.69) is 17.4 Å². The Hall–Kier alpha value is -1.88. The molecule has 2 amide bonds. The van der Waals surface area contributed by atoms with Gasteiger partial charge in [0.15, 0.2) is 0 Å². The van der Waals surface area contributed by atoms with E-state index in [0.717, 1.165) is 38.5 Å². The Bertz CT molecular complexity index is 634. The predicted octanol–water partition coefficient (Wildman–Crippen LogP) is 2.93. The van der Waals surface area contributed by atoms with E-state index in [0.29, 0.717) is 32.5 Å². The summed E-state index contributed by atoms with van der Waals surface area (Å²) in [5.41, 5.74) is 0.890. The summed E-state index contributed by atoms with van der Waals surface area (Å²) in [7, 11) is 1.65. The van der Waals surface area contributed by atoms with Crippen LogP contribution in [0.5, 0.6) is 0 Å². The Morgan fingerprint density at radius 1 is 1.26 bits per heavy atom. The summed E-state index contributed by atoms with van der Waals surface area (Å²) in [6.45, 7) is 1.80. The minimum atomic E-state index is -0.410. The van der Waals surface area contributed by atoms with E-state index in [1.165, 1.54) is 5.56 Å². The van der Waals surface area contributed by atoms with Crippen LogP contribution < -0.4 is 5.32 Å². The molecule has 5 nitrogen and oxygen atoms in total. The maximum absolute atomic E-state index is 13.2. The number of carbonyl (C=O) groups excluding carboxylic acids is 2. The third kappa shape index (κ3) is 4.52. The first kappa shape index (κ1) is 19.9. The zero-order valence-corrected chi connectivity index (χ0v) is 16.4. The number of benzene rings is 1. The molecule has 0 spiro atoms. The van der Waals surface area contributed by atoms with Gasteiger partial charge in [0.1, 0.15) is 0 Å². The fraction of sp³-hybridized carbons (Fsp3) is 0.636. The molecule has 0 aromatic heterocycles. The van der Waals surface area contributed by atoms with Crippen molar-refractivity contribution in [2.45, 2.75) is 57.4 Å². The molecule has 0 bridgehead atoms. The summed E-state index contributed by atoms with van der Waals surface area (Å²) < 4.78 is 5.19. The Labute approximate surface area is 162 Å². The molecule has 0 unspecified atom stereocenters. The number of ether oxygens (including phenoxy) is 1. The number of amides is 2. The van der Waals surface area contributed by atoms with E-state index in [9.17, 15) is 9.59 Å². The Balaban J connectivity index is 1.60. The number of nitrogens with zero attached hydrogens (tertiary/aromatic N) is 1. The van der Waals surface area contributed by atoms with Crippen molar-refractivity contribution >= 4 is 11.8 Å². The van der Waals surface area contributed by atoms with Gasteiger partial charge in [-0.2, -0.15) is 0 Å². The second-order valence-corrected chi connectivity index (χ2v) is 7.84. The van der Waals surface area contributed by atoms with Gasteiger partial charge in [0.2, 0.25) is 11.8 Å². The first-order chi connectivity index (χ1) is 13.2. The second-order valence-electron chi connectivity index (χ2n) is 7.84. The molecular formula is C22H32N2O3. The van der Waals surface area contributed by atoms with E-state index in [4.69, 9.17) is 4.74 Å². The first-order valence-corrected chi connectivity index (χ1v) is 10.3. The number of carbonyl (C=O) groups is 2. The first-order valence-electron chi connectivity index (χ1n) is 10.3. The topological polar surface area (TPSA) is 58.6 Å². The van der Waals surface area contributed by atoms with Crippen molar-refractivity contribution in [2.24, 2.45) is 5.41 Å². The van der Waals surface area contributed by atoms with Crippen LogP contribution in [0.25, 0.3) is 0 Å². The van der Waals surface area contributed by atoms with Crippen molar-refractivity contribution in [3.05, 3.63) is 35.9 Å². The van der Waals surface area contributed by atoms with Crippen LogP contribution in [-0.4, -0.2) is 49.6 Å². The average Bonchev–Trinajstić information content (AvgIpc) is 2.71. The van der Waals surface area contributed by atoms with Crippen LogP contribution in [0.4, 0.5) is 0 Å². The van der Waals surface area contributed by atoms with Crippen LogP contribution in [-0.2, 0) is 20.7 Å². The molecule has 27 heavy (non-hydrogen) atoms. The average molecular weight is 373 g/mol. The maximum atomic E-state index is 13.2. The van der Waals surface area contributed by atoms with Gasteiger partial charge in [0.25, 0.3) is 0 Å². The Morgan fingerprint density at radius 3 is 2.85 bits per heavy atom. The number of methoxy groups -OCH3 is 1. The monoisotopic (exact) mass is 372 g/mol. The van der Waals surface area contributed by atoms with Crippen molar-refractivity contribution in [3.8, 4) is 0 Å². The predicted molar refractivity (Wildman–Crippen MR) is 105 cm³/mol. The van der Waals surface area contributed by atoms with Gasteiger partial charge in [-0.05, 0) is 37.7 Å². The van der Waals surface area contributed by atoms with E-state index >= 15 is 0 Å². The summed E-state index contributed by atoms with van der Waals surface area (Å²) in [6, 6.07) is 10.4. The molecule has 1 aromatic carbocycles. The van der Waals surface area contributed by atoms with Gasteiger partial charge in [0, 0.05) is 32.7 Å². The highest BCUT2D eigenvalue weighted by Gasteiger charge is 2.52. The van der Waals surface area contributed by atoms with Gasteiger partial charge in [-0.1, -0.05) is 43.2 Å². The van der Waals surface area contributed by atoms with Crippen molar-refractivity contribution in [1.29, 1.82) is 0 Å². The van der Waals surface area contributed by atoms with E-state index in [1.54, 1.807) is 7.11 Å². The molecule has 1 aliphatic heterocycles. The van der Waals surface area contributed by atoms with E-state index in [-0.39, 0.29) is 17.9 Å². The summed E-state index contributed by atoms with van der Waals surface area (Å²) in [4.78, 5) is 27.6. The molecule has 148 valence electrons. The van der Waals surface area contributed by atoms with Gasteiger partial charge in [-0.25, -0.2) is 0 Å². The fourth-order valence-electron chi connectivity index (χ4n) is 4.78. The maximum Gasteiger partial charge on any atom is 0.228 e. The molecule has 1 heterocycles. The summed E-state index contributed by atoms with van der Waals surface area (Å²) in [5.74, 6) is 0.321. The molecule has 2 atom stereocenters. The van der Waals surface area contributed by atoms with E-state index < -0.39 is 5.41 Å². The van der Waals surface area contributed by atoms with Crippen molar-refractivity contribution in [3.63, 3.8) is 0 Å². The number of piperidine rings is 1. The van der Waals surface area contributed by atoms with Gasteiger partial charge < -0.3 is 15.0 Å². The number of rotatable bonds is 8. The smallest absolute Gasteiger partial charge is 0.228 e. The SMILES string of the molecule is COCCN1C(=O)CC[C@]2(C(=O)NCCCc3ccccc3)CCCC[C@@H]12. The number of hydrogen-bond donors (Lipinski definition) is 1. The molecule has 2 aliphatic rings. The fourth-order valence-corrected chi connectivity index (χ4v) is 4.78. The molecule has 1 N–H and O–H groups in total. The Morgan fingerprint density at radius 2 is 2.07 bits per heavy atom. The standard InChI is InChI=1S/C22H32N2O3/c1-27-17-16-24-19-11-5-6-13-22(19,14-12-20(24)25)21(26)23-15-7-10-18-8-3-2-4-9-18/h2-4,8-9,19H,5-7,10-17H2,1H3,(H,23,26)/t19-,22-/m1/s1. The number of aryl methyl sites for hydroxylation is 1. The second kappa shape index (κ2) is 9.36. The molecule has 3 rings (SSSR count). The lowest BCUT2D eigenvalue weighted by Crippen LogP contribution is -2.62. The minimum absolute atomic E-state index is 0.0248. The number of fused-ring (bicyclic) bond motifs is 1. The van der Waals surface area contributed by atoms with Crippen molar-refractivity contribution in [1.82, 2.24) is 10.2 Å². The highest BCUT2D eigenvalue weighted by atomic mass is 16.5. The molecule has 0 radical (unpaired) electrons. The summed E-state index contributed by atoms with van der Waals surface area (Å²) in [5, 5.41) is 3.20. The minimum Gasteiger partial charge on any atom is -0.383 e. The lowest BCUT2D eigenvalue weighted by molar-refractivity contribution is -0.156. The van der Waals surface area contributed by atoms with E-state index in [1.807, 2.05) is 23.1 Å². The van der Waals surface area contributed by atoms with Crippen LogP contribution >= 0.6 is 0 Å². The molecule has 1 saturated heterocycles. The van der Waals surface area contributed by atoms with Gasteiger partial charge in [0.05, 0.1) is 12.0 Å². The van der Waals surface area contributed by atoms with Gasteiger partial charge in [-0.15, -0.1) is 0 Å². The number of nitrogens with one attached hydrogen (secondary N) is 1. The van der Waals surface area contributed by atoms with Gasteiger partial charge in [-0.3, -0.25) is 9.59 Å². The largest absolute Gasteiger partial charge is 0.383 e. The lowest BCUT2D eigenvalue weighted by atomic mass is 9.64. The Kier molecular flexibility index (Phi) is 6.89. The van der Waals surface area contributed by atoms with Crippen LogP contribution in [0.3, 0.4) is 0 Å². The zero-order valence-electron chi connectivity index (χ0n) is 16.4. The quantitative estimate of drug-likeness (QED) is 0.714. The highest BCUT2D eigenvalue weighted by molar-refractivity contribution is 5.88. The third-order valence-corrected chi connectivity index (χ3v) is 6.23. The van der Waals surface area contributed by atoms with Gasteiger partial charge >= 0.3 is 0 Å². The van der Waals surface area contributed by atoms with Crippen molar-refractivity contribution in [2.75, 3.05) is 26.8 Å². The zero-order chi connectivity index (χ0) is 19.1. The summed E-state index contributed by atoms with van der Waals surface area (Å²) in [6.07, 6.45) is 7.03. The lowest BCUT2D eigenvalue weighted by Gasteiger charge is -2.51. The summed E-state index contributed by atoms with van der Waals surface area (Å²) >= 11 is 0. The molecule has 5 heteroatoms. The van der Waals surface area contributed by atoms with Crippen molar-refractivity contribution < 1.29 is 14.3 Å². The number of hydrogen-bond acceptors (Lipinski definition) is 3. The third-order valence-electron chi connectivity index (χ3n) is 6.23. The number of likely N-dealkylation sites (tertiary alicyclic amines) is 1. The van der Waals surface area contributed by atoms with Crippen LogP contribution in [0, 0.1) is 5.41 Å². The van der Waals surface area contributed by atoms with Crippen LogP contribution in [0.2, 0.25) is 0 Å². The molecular weight excluding hydrogens is 340 g/mol. The normalized spacial score (nSPS) is 25.1. The molecule has 1 aliphatic carbocycles. The molecule has 2 fully saturated rings. The molecule has 1 aromatic rings. The molecule has 1 saturated carbocycles. The van der Waals surface area contributed by atoms with Crippen LogP contribution in [0.15, 0.2) is 30.3 Å². The van der Waals surface area contributed by atoms with Crippen LogP contribution in [0.1, 0.15) is 50.5 Å².